The first-order chi connectivity index (χ1) is 27.2. The van der Waals surface area contributed by atoms with Crippen LogP contribution in [-0.4, -0.2) is 0 Å². The van der Waals surface area contributed by atoms with Gasteiger partial charge in [0.2, 0.25) is 5.70 Å². The zero-order chi connectivity index (χ0) is 39.7. The lowest BCUT2D eigenvalue weighted by atomic mass is 9.87. The maximum absolute atomic E-state index is 14.3. The van der Waals surface area contributed by atoms with E-state index in [1.165, 1.54) is 84.9 Å². The zero-order valence-electron chi connectivity index (χ0n) is 28.6. The molecule has 5 aromatic carbocycles. The summed E-state index contributed by atoms with van der Waals surface area (Å²) in [5.41, 5.74) is 3.89. The highest BCUT2D eigenvalue weighted by atomic mass is 19.1. The van der Waals surface area contributed by atoms with Crippen LogP contribution in [0.5, 0.6) is 0 Å². The van der Waals surface area contributed by atoms with Gasteiger partial charge in [-0.15, -0.1) is 0 Å². The quantitative estimate of drug-likeness (QED) is 0.131. The molecular weight excluding hydrogens is 703 g/mol. The largest absolute Gasteiger partial charge is 0.237 e. The van der Waals surface area contributed by atoms with Gasteiger partial charge in [0.1, 0.15) is 29.8 Å². The first kappa shape index (κ1) is 35.3. The lowest BCUT2D eigenvalue weighted by molar-refractivity contribution is 0.627. The van der Waals surface area contributed by atoms with Crippen molar-refractivity contribution in [1.29, 1.82) is 36.8 Å². The summed E-state index contributed by atoms with van der Waals surface area (Å²) in [6.45, 7) is 8.39. The smallest absolute Gasteiger partial charge is 0.202 e. The maximum Gasteiger partial charge on any atom is 0.202 e. The Labute approximate surface area is 318 Å². The number of hydrogen-bond donors (Lipinski definition) is 0. The fourth-order valence-electron chi connectivity index (χ4n) is 7.09. The topological polar surface area (TPSA) is 171 Å². The normalized spacial score (nSPS) is 14.0. The Morgan fingerprint density at radius 1 is 0.464 bits per heavy atom. The highest BCUT2D eigenvalue weighted by molar-refractivity contribution is 6.34. The summed E-state index contributed by atoms with van der Waals surface area (Å²) in [7, 11) is 0. The zero-order valence-corrected chi connectivity index (χ0v) is 28.6. The van der Waals surface area contributed by atoms with E-state index in [0.717, 1.165) is 0 Å². The van der Waals surface area contributed by atoms with Crippen LogP contribution in [0.15, 0.2) is 97.1 Å². The predicted molar refractivity (Wildman–Crippen MR) is 202 cm³/mol. The molecule has 0 aromatic heterocycles. The minimum Gasteiger partial charge on any atom is -0.237 e. The molecule has 0 aliphatic heterocycles. The van der Waals surface area contributed by atoms with Crippen LogP contribution >= 0.6 is 0 Å². The monoisotopic (exact) mass is 718 g/mol. The number of benzene rings is 5. The van der Waals surface area contributed by atoms with Gasteiger partial charge < -0.3 is 0 Å². The van der Waals surface area contributed by atoms with Crippen LogP contribution in [0.1, 0.15) is 66.8 Å². The van der Waals surface area contributed by atoms with Crippen molar-refractivity contribution in [3.63, 3.8) is 0 Å². The van der Waals surface area contributed by atoms with Crippen molar-refractivity contribution < 1.29 is 8.78 Å². The van der Waals surface area contributed by atoms with Crippen molar-refractivity contribution >= 4 is 44.7 Å². The molecule has 10 heteroatoms. The molecule has 56 heavy (non-hydrogen) atoms. The van der Waals surface area contributed by atoms with E-state index in [1.807, 2.05) is 24.3 Å². The second-order valence-electron chi connectivity index (χ2n) is 12.4. The van der Waals surface area contributed by atoms with Gasteiger partial charge in [0.25, 0.3) is 0 Å². The third kappa shape index (κ3) is 5.71. The second kappa shape index (κ2) is 14.1. The Morgan fingerprint density at radius 2 is 0.857 bits per heavy atom. The molecule has 0 unspecified atom stereocenters. The van der Waals surface area contributed by atoms with Gasteiger partial charge in [-0.2, -0.15) is 36.8 Å². The third-order valence-electron chi connectivity index (χ3n) is 9.38. The second-order valence-corrected chi connectivity index (χ2v) is 12.4. The van der Waals surface area contributed by atoms with Crippen molar-refractivity contribution in [1.82, 2.24) is 0 Å². The van der Waals surface area contributed by atoms with E-state index in [0.29, 0.717) is 33.4 Å². The summed E-state index contributed by atoms with van der Waals surface area (Å²) < 4.78 is 28.5. The molecule has 5 aromatic rings. The van der Waals surface area contributed by atoms with Gasteiger partial charge >= 0.3 is 0 Å². The molecule has 0 saturated carbocycles. The van der Waals surface area contributed by atoms with Crippen LogP contribution in [-0.2, 0) is 0 Å². The summed E-state index contributed by atoms with van der Waals surface area (Å²) in [4.78, 5) is 3.86. The number of nitrogens with zero attached hydrogens (tertiary/aromatic N) is 8. The molecule has 8 nitrogen and oxygen atoms in total. The fourth-order valence-corrected chi connectivity index (χ4v) is 7.09. The number of allylic oxidation sites excluding steroid dienone is 7. The maximum atomic E-state index is 14.3. The molecule has 2 aliphatic carbocycles. The molecular formula is C46H16F2N8. The molecule has 0 saturated heterocycles. The first-order valence-electron chi connectivity index (χ1n) is 16.4. The average Bonchev–Trinajstić information content (AvgIpc) is 3.72. The number of fused-ring (bicyclic) bond motifs is 2. The summed E-state index contributed by atoms with van der Waals surface area (Å²) in [5.74, 6) is -1.10. The SMILES string of the molecule is [C-]#[N+]/C(=C1/C(c2ccc(F)cc2)=C(C#N)c2cc3c(cc21)C(C#N)=C(c1ccc(F)cc1)/C3=C(/C#N)c1cc(C#N)cc(C#N)c1)c1cc(C#N)cc(C#N)c1. The molecule has 0 N–H and O–H groups in total. The van der Waals surface area contributed by atoms with Crippen molar-refractivity contribution in [3.8, 4) is 42.5 Å². The van der Waals surface area contributed by atoms with Gasteiger partial charge in [0, 0.05) is 22.3 Å². The molecule has 2 aliphatic rings. The average molecular weight is 719 g/mol. The lowest BCUT2D eigenvalue weighted by Gasteiger charge is -2.15. The van der Waals surface area contributed by atoms with Gasteiger partial charge in [-0.25, -0.2) is 13.6 Å². The Bertz CT molecular complexity index is 2830. The van der Waals surface area contributed by atoms with E-state index in [-0.39, 0.29) is 78.1 Å². The van der Waals surface area contributed by atoms with Gasteiger partial charge in [0.15, 0.2) is 0 Å². The predicted octanol–water partition coefficient (Wildman–Crippen LogP) is 9.57. The lowest BCUT2D eigenvalue weighted by Crippen LogP contribution is -1.97. The van der Waals surface area contributed by atoms with Crippen LogP contribution in [0, 0.1) is 97.5 Å². The van der Waals surface area contributed by atoms with Crippen molar-refractivity contribution in [2.24, 2.45) is 0 Å². The van der Waals surface area contributed by atoms with E-state index >= 15 is 0 Å². The molecule has 0 spiro atoms. The van der Waals surface area contributed by atoms with E-state index in [9.17, 15) is 45.6 Å². The van der Waals surface area contributed by atoms with Crippen molar-refractivity contribution in [2.75, 3.05) is 0 Å². The van der Waals surface area contributed by atoms with Crippen LogP contribution in [0.25, 0.3) is 49.6 Å². The Kier molecular flexibility index (Phi) is 8.88. The van der Waals surface area contributed by atoms with Gasteiger partial charge in [-0.05, 0) is 117 Å². The summed E-state index contributed by atoms with van der Waals surface area (Å²) in [6, 6.07) is 37.1. The Morgan fingerprint density at radius 3 is 1.23 bits per heavy atom. The third-order valence-corrected chi connectivity index (χ3v) is 9.38. The highest BCUT2D eigenvalue weighted by Crippen LogP contribution is 2.56. The summed E-state index contributed by atoms with van der Waals surface area (Å²) in [5, 5.41) is 71.5. The molecule has 0 atom stereocenters. The van der Waals surface area contributed by atoms with Crippen LogP contribution < -0.4 is 0 Å². The standard InChI is InChI=1S/C46H16F2N8/c1-56-46(32-14-27(20-51)11-28(15-32)21-52)45-38-17-35-37(16-36(38)41(24-55)43(45)30-4-8-34(48)9-5-30)44(42(40(35)23-54)29-2-6-33(47)7-3-29)39(22-53)31-12-25(18-49)10-26(13-31)19-50/h2-17H/b44-39-,46-45+. The van der Waals surface area contributed by atoms with E-state index in [2.05, 4.69) is 23.1 Å². The van der Waals surface area contributed by atoms with Crippen LogP contribution in [0.2, 0.25) is 0 Å². The molecule has 254 valence electrons. The summed E-state index contributed by atoms with van der Waals surface area (Å²) in [6.07, 6.45) is 0. The van der Waals surface area contributed by atoms with Gasteiger partial charge in [-0.3, -0.25) is 0 Å². The molecule has 0 heterocycles. The van der Waals surface area contributed by atoms with Gasteiger partial charge in [-0.1, -0.05) is 24.3 Å². The van der Waals surface area contributed by atoms with Crippen molar-refractivity contribution in [3.05, 3.63) is 187 Å². The first-order valence-corrected chi connectivity index (χ1v) is 16.4. The summed E-state index contributed by atoms with van der Waals surface area (Å²) >= 11 is 0. The highest BCUT2D eigenvalue weighted by Gasteiger charge is 2.37. The van der Waals surface area contributed by atoms with E-state index in [1.54, 1.807) is 12.1 Å². The number of halogens is 2. The molecule has 0 fully saturated rings. The molecule has 0 bridgehead atoms. The van der Waals surface area contributed by atoms with Gasteiger partial charge in [0.05, 0.1) is 69.8 Å². The number of hydrogen-bond acceptors (Lipinski definition) is 7. The van der Waals surface area contributed by atoms with E-state index < -0.39 is 11.6 Å². The Balaban J connectivity index is 1.66. The number of rotatable bonds is 4. The minimum atomic E-state index is -0.549. The van der Waals surface area contributed by atoms with Crippen molar-refractivity contribution in [2.45, 2.75) is 0 Å². The molecule has 0 amide bonds. The van der Waals surface area contributed by atoms with Crippen LogP contribution in [0.4, 0.5) is 8.78 Å². The Hall–Kier alpha value is -9.16. The van der Waals surface area contributed by atoms with E-state index in [4.69, 9.17) is 6.57 Å². The molecule has 7 rings (SSSR count). The number of nitriles is 7. The van der Waals surface area contributed by atoms with Crippen LogP contribution in [0.3, 0.4) is 0 Å². The molecule has 0 radical (unpaired) electrons. The fraction of sp³-hybridized carbons (Fsp3) is 0. The minimum absolute atomic E-state index is 0.0152.